The van der Waals surface area contributed by atoms with Crippen molar-refractivity contribution in [3.05, 3.63) is 16.2 Å². The Morgan fingerprint density at radius 2 is 2.27 bits per heavy atom. The molecule has 0 spiro atoms. The van der Waals surface area contributed by atoms with E-state index >= 15 is 0 Å². The Balaban J connectivity index is 2.17. The highest BCUT2D eigenvalue weighted by Crippen LogP contribution is 2.29. The van der Waals surface area contributed by atoms with E-state index in [9.17, 15) is 0 Å². The SMILES string of the molecule is CNCCc1nnc(-c2scnc2C)s1. The van der Waals surface area contributed by atoms with Crippen molar-refractivity contribution in [1.82, 2.24) is 20.5 Å². The molecule has 0 radical (unpaired) electrons. The minimum atomic E-state index is 0.937. The highest BCUT2D eigenvalue weighted by molar-refractivity contribution is 7.20. The van der Waals surface area contributed by atoms with Gasteiger partial charge in [0.25, 0.3) is 0 Å². The topological polar surface area (TPSA) is 50.7 Å². The van der Waals surface area contributed by atoms with Crippen LogP contribution in [-0.2, 0) is 6.42 Å². The molecule has 0 aromatic carbocycles. The first-order chi connectivity index (χ1) is 7.31. The van der Waals surface area contributed by atoms with E-state index in [-0.39, 0.29) is 0 Å². The molecular weight excluding hydrogens is 228 g/mol. The van der Waals surface area contributed by atoms with Gasteiger partial charge in [-0.3, -0.25) is 0 Å². The van der Waals surface area contributed by atoms with Crippen LogP contribution >= 0.6 is 22.7 Å². The summed E-state index contributed by atoms with van der Waals surface area (Å²) in [5, 5.41) is 13.5. The van der Waals surface area contributed by atoms with Crippen molar-refractivity contribution in [2.75, 3.05) is 13.6 Å². The summed E-state index contributed by atoms with van der Waals surface area (Å²) >= 11 is 3.27. The van der Waals surface area contributed by atoms with E-state index in [4.69, 9.17) is 0 Å². The summed E-state index contributed by atoms with van der Waals surface area (Å²) in [7, 11) is 1.94. The Kier molecular flexibility index (Phi) is 3.40. The summed E-state index contributed by atoms with van der Waals surface area (Å²) in [4.78, 5) is 5.35. The molecule has 0 atom stereocenters. The molecule has 2 rings (SSSR count). The van der Waals surface area contributed by atoms with Crippen LogP contribution in [0.4, 0.5) is 0 Å². The molecule has 0 saturated heterocycles. The Morgan fingerprint density at radius 3 is 2.93 bits per heavy atom. The van der Waals surface area contributed by atoms with Gasteiger partial charge in [0.1, 0.15) is 5.01 Å². The van der Waals surface area contributed by atoms with Gasteiger partial charge in [-0.25, -0.2) is 4.98 Å². The lowest BCUT2D eigenvalue weighted by molar-refractivity contribution is 0.779. The fourth-order valence-corrected chi connectivity index (χ4v) is 2.97. The molecule has 2 aromatic heterocycles. The maximum Gasteiger partial charge on any atom is 0.159 e. The fraction of sp³-hybridized carbons (Fsp3) is 0.444. The second-order valence-electron chi connectivity index (χ2n) is 3.12. The van der Waals surface area contributed by atoms with Gasteiger partial charge in [0, 0.05) is 13.0 Å². The van der Waals surface area contributed by atoms with Gasteiger partial charge in [-0.1, -0.05) is 11.3 Å². The van der Waals surface area contributed by atoms with Crippen molar-refractivity contribution in [2.24, 2.45) is 0 Å². The van der Waals surface area contributed by atoms with Crippen LogP contribution in [0.3, 0.4) is 0 Å². The molecule has 0 fully saturated rings. The van der Waals surface area contributed by atoms with Gasteiger partial charge in [-0.15, -0.1) is 21.5 Å². The number of nitrogens with zero attached hydrogens (tertiary/aromatic N) is 3. The van der Waals surface area contributed by atoms with E-state index in [1.54, 1.807) is 22.7 Å². The van der Waals surface area contributed by atoms with Crippen LogP contribution in [0.2, 0.25) is 0 Å². The van der Waals surface area contributed by atoms with Crippen LogP contribution in [0.5, 0.6) is 0 Å². The molecule has 0 aliphatic heterocycles. The van der Waals surface area contributed by atoms with Gasteiger partial charge in [-0.2, -0.15) is 0 Å². The Morgan fingerprint density at radius 1 is 1.40 bits per heavy atom. The molecule has 0 aliphatic carbocycles. The Labute approximate surface area is 96.4 Å². The van der Waals surface area contributed by atoms with Gasteiger partial charge >= 0.3 is 0 Å². The molecule has 0 amide bonds. The van der Waals surface area contributed by atoms with Gasteiger partial charge in [-0.05, 0) is 14.0 Å². The zero-order chi connectivity index (χ0) is 10.7. The van der Waals surface area contributed by atoms with Crippen molar-refractivity contribution in [1.29, 1.82) is 0 Å². The lowest BCUT2D eigenvalue weighted by Gasteiger charge is -1.92. The molecule has 4 nitrogen and oxygen atoms in total. The molecule has 15 heavy (non-hydrogen) atoms. The normalized spacial score (nSPS) is 10.8. The second-order valence-corrected chi connectivity index (χ2v) is 5.04. The molecule has 0 saturated carbocycles. The number of hydrogen-bond donors (Lipinski definition) is 1. The number of rotatable bonds is 4. The largest absolute Gasteiger partial charge is 0.319 e. The molecule has 0 aliphatic rings. The average Bonchev–Trinajstić information content (AvgIpc) is 2.83. The highest BCUT2D eigenvalue weighted by atomic mass is 32.1. The quantitative estimate of drug-likeness (QED) is 0.884. The van der Waals surface area contributed by atoms with Crippen LogP contribution in [0.15, 0.2) is 5.51 Å². The van der Waals surface area contributed by atoms with Gasteiger partial charge in [0.05, 0.1) is 16.1 Å². The summed E-state index contributed by atoms with van der Waals surface area (Å²) in [6.45, 7) is 2.94. The second kappa shape index (κ2) is 4.78. The molecular formula is C9H12N4S2. The zero-order valence-electron chi connectivity index (χ0n) is 8.65. The third kappa shape index (κ3) is 2.39. The molecule has 0 unspecified atom stereocenters. The first-order valence-corrected chi connectivity index (χ1v) is 6.38. The zero-order valence-corrected chi connectivity index (χ0v) is 10.3. The van der Waals surface area contributed by atoms with Gasteiger partial charge in [0.2, 0.25) is 0 Å². The standard InChI is InChI=1S/C9H12N4S2/c1-6-8(14-5-11-6)9-13-12-7(15-9)3-4-10-2/h5,10H,3-4H2,1-2H3. The van der Waals surface area contributed by atoms with Crippen molar-refractivity contribution >= 4 is 22.7 Å². The maximum atomic E-state index is 4.21. The molecule has 80 valence electrons. The van der Waals surface area contributed by atoms with E-state index in [1.807, 2.05) is 19.5 Å². The lowest BCUT2D eigenvalue weighted by Crippen LogP contribution is -2.09. The lowest BCUT2D eigenvalue weighted by atomic mass is 10.4. The Hall–Kier alpha value is -0.850. The maximum absolute atomic E-state index is 4.21. The van der Waals surface area contributed by atoms with E-state index in [0.717, 1.165) is 33.6 Å². The Bertz CT molecular complexity index is 435. The summed E-state index contributed by atoms with van der Waals surface area (Å²) in [5.74, 6) is 0. The third-order valence-corrected chi connectivity index (χ3v) is 4.06. The van der Waals surface area contributed by atoms with Gasteiger partial charge in [0.15, 0.2) is 5.01 Å². The number of nitrogens with one attached hydrogen (secondary N) is 1. The molecule has 2 heterocycles. The predicted molar refractivity (Wildman–Crippen MR) is 63.4 cm³/mol. The minimum absolute atomic E-state index is 0.937. The van der Waals surface area contributed by atoms with Crippen LogP contribution in [-0.4, -0.2) is 28.8 Å². The van der Waals surface area contributed by atoms with Crippen LogP contribution in [0.1, 0.15) is 10.7 Å². The number of thiazole rings is 1. The highest BCUT2D eigenvalue weighted by Gasteiger charge is 2.10. The predicted octanol–water partition coefficient (Wildman–Crippen LogP) is 1.73. The van der Waals surface area contributed by atoms with E-state index in [1.165, 1.54) is 0 Å². The number of aryl methyl sites for hydroxylation is 1. The van der Waals surface area contributed by atoms with Crippen LogP contribution < -0.4 is 5.32 Å². The van der Waals surface area contributed by atoms with Crippen LogP contribution in [0, 0.1) is 6.92 Å². The number of hydrogen-bond acceptors (Lipinski definition) is 6. The summed E-state index contributed by atoms with van der Waals surface area (Å²) in [5.41, 5.74) is 2.88. The van der Waals surface area contributed by atoms with Crippen molar-refractivity contribution in [2.45, 2.75) is 13.3 Å². The summed E-state index contributed by atoms with van der Waals surface area (Å²) < 4.78 is 0. The summed E-state index contributed by atoms with van der Waals surface area (Å²) in [6, 6.07) is 0. The third-order valence-electron chi connectivity index (χ3n) is 2.00. The summed E-state index contributed by atoms with van der Waals surface area (Å²) in [6.07, 6.45) is 0.937. The monoisotopic (exact) mass is 240 g/mol. The molecule has 0 bridgehead atoms. The number of aromatic nitrogens is 3. The van der Waals surface area contributed by atoms with E-state index in [2.05, 4.69) is 20.5 Å². The first-order valence-electron chi connectivity index (χ1n) is 4.68. The molecule has 1 N–H and O–H groups in total. The fourth-order valence-electron chi connectivity index (χ4n) is 1.19. The van der Waals surface area contributed by atoms with Gasteiger partial charge < -0.3 is 5.32 Å². The minimum Gasteiger partial charge on any atom is -0.319 e. The number of likely N-dealkylation sites (N-methyl/N-ethyl adjacent to an activating group) is 1. The van der Waals surface area contributed by atoms with E-state index in [0.29, 0.717) is 0 Å². The average molecular weight is 240 g/mol. The van der Waals surface area contributed by atoms with Crippen molar-refractivity contribution < 1.29 is 0 Å². The first kappa shape index (κ1) is 10.7. The van der Waals surface area contributed by atoms with Crippen molar-refractivity contribution in [3.8, 4) is 9.88 Å². The smallest absolute Gasteiger partial charge is 0.159 e. The van der Waals surface area contributed by atoms with E-state index < -0.39 is 0 Å². The molecule has 2 aromatic rings. The molecule has 6 heteroatoms. The van der Waals surface area contributed by atoms with Crippen LogP contribution in [0.25, 0.3) is 9.88 Å². The van der Waals surface area contributed by atoms with Crippen molar-refractivity contribution in [3.63, 3.8) is 0 Å².